The van der Waals surface area contributed by atoms with Gasteiger partial charge >= 0.3 is 5.97 Å². The highest BCUT2D eigenvalue weighted by molar-refractivity contribution is 6.06. The number of hydrogen-bond acceptors (Lipinski definition) is 3. The van der Waals surface area contributed by atoms with Crippen LogP contribution in [0.25, 0.3) is 10.8 Å². The Hall–Kier alpha value is -2.10. The van der Waals surface area contributed by atoms with E-state index in [-0.39, 0.29) is 5.56 Å². The van der Waals surface area contributed by atoms with Crippen LogP contribution in [0.1, 0.15) is 24.2 Å². The Bertz CT molecular complexity index is 659. The van der Waals surface area contributed by atoms with Crippen LogP contribution < -0.4 is 4.90 Å². The maximum absolute atomic E-state index is 11.3. The molecule has 1 fully saturated rings. The number of fused-ring (bicyclic) bond motifs is 1. The van der Waals surface area contributed by atoms with Crippen LogP contribution in [0.2, 0.25) is 0 Å². The molecule has 0 spiro atoms. The molecular formula is C16H18N2O2. The number of carboxylic acids is 1. The molecule has 0 bridgehead atoms. The highest BCUT2D eigenvalue weighted by Gasteiger charge is 2.28. The predicted octanol–water partition coefficient (Wildman–Crippen LogP) is 3.03. The molecule has 1 saturated heterocycles. The second kappa shape index (κ2) is 4.78. The summed E-state index contributed by atoms with van der Waals surface area (Å²) in [5.74, 6) is 1.25. The van der Waals surface area contributed by atoms with Crippen LogP contribution in [0.15, 0.2) is 30.5 Å². The van der Waals surface area contributed by atoms with Crippen molar-refractivity contribution < 1.29 is 9.90 Å². The molecule has 104 valence electrons. The number of carbonyl (C=O) groups is 1. The number of benzene rings is 1. The van der Waals surface area contributed by atoms with Crippen LogP contribution in [0.3, 0.4) is 0 Å². The second-order valence-electron chi connectivity index (χ2n) is 5.71. The largest absolute Gasteiger partial charge is 0.478 e. The number of hydrogen-bond donors (Lipinski definition) is 1. The van der Waals surface area contributed by atoms with Crippen molar-refractivity contribution in [3.05, 3.63) is 36.0 Å². The summed E-state index contributed by atoms with van der Waals surface area (Å²) in [7, 11) is 0. The van der Waals surface area contributed by atoms with Crippen LogP contribution in [0.5, 0.6) is 0 Å². The van der Waals surface area contributed by atoms with Gasteiger partial charge in [0, 0.05) is 30.1 Å². The number of aromatic carboxylic acids is 1. The molecule has 0 saturated carbocycles. The first-order chi connectivity index (χ1) is 9.58. The molecule has 1 aliphatic heterocycles. The Morgan fingerprint density at radius 2 is 1.80 bits per heavy atom. The lowest BCUT2D eigenvalue weighted by Crippen LogP contribution is -2.21. The first-order valence-electron chi connectivity index (χ1n) is 6.94. The summed E-state index contributed by atoms with van der Waals surface area (Å²) in [5, 5.41) is 11.0. The third-order valence-electron chi connectivity index (χ3n) is 4.29. The first kappa shape index (κ1) is 12.9. The Labute approximate surface area is 118 Å². The lowest BCUT2D eigenvalue weighted by molar-refractivity contribution is 0.0698. The van der Waals surface area contributed by atoms with Gasteiger partial charge in [-0.25, -0.2) is 9.78 Å². The average molecular weight is 270 g/mol. The quantitative estimate of drug-likeness (QED) is 0.911. The van der Waals surface area contributed by atoms with Crippen molar-refractivity contribution in [2.75, 3.05) is 18.0 Å². The molecular weight excluding hydrogens is 252 g/mol. The van der Waals surface area contributed by atoms with E-state index in [0.717, 1.165) is 29.7 Å². The number of carboxylic acid groups (broad SMARTS) is 1. The fraction of sp³-hybridized carbons (Fsp3) is 0.375. The van der Waals surface area contributed by atoms with Gasteiger partial charge in [0.1, 0.15) is 5.82 Å². The molecule has 0 amide bonds. The topological polar surface area (TPSA) is 53.4 Å². The summed E-state index contributed by atoms with van der Waals surface area (Å²) in [4.78, 5) is 18.0. The SMILES string of the molecule is CC1CN(c2ncc(C(=O)O)c3ccccc23)CC1C. The highest BCUT2D eigenvalue weighted by Crippen LogP contribution is 2.32. The number of aromatic nitrogens is 1. The summed E-state index contributed by atoms with van der Waals surface area (Å²) in [5.41, 5.74) is 0.268. The fourth-order valence-corrected chi connectivity index (χ4v) is 2.90. The first-order valence-corrected chi connectivity index (χ1v) is 6.94. The zero-order chi connectivity index (χ0) is 14.3. The molecule has 4 heteroatoms. The maximum Gasteiger partial charge on any atom is 0.337 e. The predicted molar refractivity (Wildman–Crippen MR) is 79.2 cm³/mol. The molecule has 1 aromatic heterocycles. The third-order valence-corrected chi connectivity index (χ3v) is 4.29. The second-order valence-corrected chi connectivity index (χ2v) is 5.71. The third kappa shape index (κ3) is 2.01. The molecule has 1 aliphatic rings. The molecule has 20 heavy (non-hydrogen) atoms. The van der Waals surface area contributed by atoms with E-state index in [1.807, 2.05) is 24.3 Å². The van der Waals surface area contributed by atoms with Gasteiger partial charge in [-0.2, -0.15) is 0 Å². The molecule has 2 atom stereocenters. The van der Waals surface area contributed by atoms with Gasteiger partial charge in [0.2, 0.25) is 0 Å². The summed E-state index contributed by atoms with van der Waals surface area (Å²) < 4.78 is 0. The minimum absolute atomic E-state index is 0.268. The van der Waals surface area contributed by atoms with E-state index < -0.39 is 5.97 Å². The molecule has 1 N–H and O–H groups in total. The zero-order valence-corrected chi connectivity index (χ0v) is 11.7. The fourth-order valence-electron chi connectivity index (χ4n) is 2.90. The molecule has 0 aliphatic carbocycles. The van der Waals surface area contributed by atoms with Gasteiger partial charge in [0.05, 0.1) is 5.56 Å². The van der Waals surface area contributed by atoms with Gasteiger partial charge in [-0.3, -0.25) is 0 Å². The molecule has 3 rings (SSSR count). The lowest BCUT2D eigenvalue weighted by Gasteiger charge is -2.19. The maximum atomic E-state index is 11.3. The van der Waals surface area contributed by atoms with Crippen molar-refractivity contribution in [3.8, 4) is 0 Å². The number of nitrogens with zero attached hydrogens (tertiary/aromatic N) is 2. The van der Waals surface area contributed by atoms with E-state index in [2.05, 4.69) is 23.7 Å². The van der Waals surface area contributed by atoms with Crippen LogP contribution in [0.4, 0.5) is 5.82 Å². The van der Waals surface area contributed by atoms with Crippen molar-refractivity contribution in [2.45, 2.75) is 13.8 Å². The number of rotatable bonds is 2. The van der Waals surface area contributed by atoms with Gasteiger partial charge in [0.25, 0.3) is 0 Å². The minimum Gasteiger partial charge on any atom is -0.478 e. The van der Waals surface area contributed by atoms with Crippen molar-refractivity contribution in [1.82, 2.24) is 4.98 Å². The van der Waals surface area contributed by atoms with E-state index >= 15 is 0 Å². The zero-order valence-electron chi connectivity index (χ0n) is 11.7. The van der Waals surface area contributed by atoms with Crippen LogP contribution in [0, 0.1) is 11.8 Å². The molecule has 2 unspecified atom stereocenters. The summed E-state index contributed by atoms with van der Waals surface area (Å²) in [6.45, 7) is 6.45. The van der Waals surface area contributed by atoms with Crippen molar-refractivity contribution in [1.29, 1.82) is 0 Å². The van der Waals surface area contributed by atoms with Gasteiger partial charge in [0.15, 0.2) is 0 Å². The minimum atomic E-state index is -0.927. The smallest absolute Gasteiger partial charge is 0.337 e. The number of anilines is 1. The molecule has 0 radical (unpaired) electrons. The van der Waals surface area contributed by atoms with E-state index in [9.17, 15) is 9.90 Å². The van der Waals surface area contributed by atoms with Crippen molar-refractivity contribution in [2.24, 2.45) is 11.8 Å². The van der Waals surface area contributed by atoms with Gasteiger partial charge in [-0.05, 0) is 11.8 Å². The normalized spacial score (nSPS) is 22.4. The van der Waals surface area contributed by atoms with E-state index in [1.54, 1.807) is 0 Å². The highest BCUT2D eigenvalue weighted by atomic mass is 16.4. The van der Waals surface area contributed by atoms with E-state index in [0.29, 0.717) is 11.8 Å². The number of pyridine rings is 1. The Morgan fingerprint density at radius 3 is 2.40 bits per heavy atom. The standard InChI is InChI=1S/C16H18N2O2/c1-10-8-18(9-11(10)2)15-13-6-4-3-5-12(13)14(7-17-15)16(19)20/h3-7,10-11H,8-9H2,1-2H3,(H,19,20). The van der Waals surface area contributed by atoms with Crippen molar-refractivity contribution >= 4 is 22.6 Å². The monoisotopic (exact) mass is 270 g/mol. The summed E-state index contributed by atoms with van der Waals surface area (Å²) in [6.07, 6.45) is 1.48. The van der Waals surface area contributed by atoms with E-state index in [1.165, 1.54) is 6.20 Å². The van der Waals surface area contributed by atoms with E-state index in [4.69, 9.17) is 0 Å². The molecule has 4 nitrogen and oxygen atoms in total. The molecule has 2 aromatic rings. The van der Waals surface area contributed by atoms with Crippen LogP contribution in [-0.2, 0) is 0 Å². The summed E-state index contributed by atoms with van der Waals surface area (Å²) >= 11 is 0. The van der Waals surface area contributed by atoms with Gasteiger partial charge in [-0.15, -0.1) is 0 Å². The Kier molecular flexibility index (Phi) is 3.08. The average Bonchev–Trinajstić information content (AvgIpc) is 2.77. The van der Waals surface area contributed by atoms with Crippen LogP contribution >= 0.6 is 0 Å². The molecule has 1 aromatic carbocycles. The lowest BCUT2D eigenvalue weighted by atomic mass is 10.0. The van der Waals surface area contributed by atoms with Gasteiger partial charge < -0.3 is 10.0 Å². The Morgan fingerprint density at radius 1 is 1.20 bits per heavy atom. The summed E-state index contributed by atoms with van der Waals surface area (Å²) in [6, 6.07) is 7.61. The molecule has 2 heterocycles. The Balaban J connectivity index is 2.14. The van der Waals surface area contributed by atoms with Crippen molar-refractivity contribution in [3.63, 3.8) is 0 Å². The van der Waals surface area contributed by atoms with Gasteiger partial charge in [-0.1, -0.05) is 38.1 Å². The van der Waals surface area contributed by atoms with Crippen LogP contribution in [-0.4, -0.2) is 29.1 Å².